The minimum atomic E-state index is 0.0862. The number of anilines is 1. The van der Waals surface area contributed by atoms with Crippen molar-refractivity contribution < 1.29 is 0 Å². The van der Waals surface area contributed by atoms with Gasteiger partial charge >= 0.3 is 0 Å². The molecule has 1 aromatic carbocycles. The first-order chi connectivity index (χ1) is 8.50. The van der Waals surface area contributed by atoms with Crippen LogP contribution in [0.5, 0.6) is 0 Å². The standard InChI is InChI=1S/C14H22N4/c1-14(2,3)11-6-4-5-7-12(11)17-13(18-15)16-10-8-9-10/h4-7,10H,8-9,15H2,1-3H3,(H2,16,17,18). The summed E-state index contributed by atoms with van der Waals surface area (Å²) in [5, 5.41) is 3.29. The van der Waals surface area contributed by atoms with Crippen LogP contribution in [0.3, 0.4) is 0 Å². The average Bonchev–Trinajstić information content (AvgIpc) is 3.11. The lowest BCUT2D eigenvalue weighted by atomic mass is 9.86. The fourth-order valence-corrected chi connectivity index (χ4v) is 1.87. The summed E-state index contributed by atoms with van der Waals surface area (Å²) in [6, 6.07) is 8.70. The largest absolute Gasteiger partial charge is 0.325 e. The molecule has 4 N–H and O–H groups in total. The minimum Gasteiger partial charge on any atom is -0.325 e. The molecule has 0 radical (unpaired) electrons. The van der Waals surface area contributed by atoms with E-state index in [2.05, 4.69) is 54.7 Å². The van der Waals surface area contributed by atoms with Crippen molar-refractivity contribution in [2.45, 2.75) is 45.1 Å². The first kappa shape index (κ1) is 12.9. The van der Waals surface area contributed by atoms with Crippen LogP contribution in [-0.2, 0) is 5.41 Å². The Labute approximate surface area is 109 Å². The van der Waals surface area contributed by atoms with Gasteiger partial charge in [0.15, 0.2) is 0 Å². The number of benzene rings is 1. The third-order valence-electron chi connectivity index (χ3n) is 2.98. The number of nitrogens with one attached hydrogen (secondary N) is 2. The molecule has 4 heteroatoms. The van der Waals surface area contributed by atoms with Gasteiger partial charge in [-0.25, -0.2) is 10.8 Å². The molecule has 1 saturated carbocycles. The highest BCUT2D eigenvalue weighted by Gasteiger charge is 2.22. The Kier molecular flexibility index (Phi) is 3.57. The number of para-hydroxylation sites is 1. The highest BCUT2D eigenvalue weighted by molar-refractivity contribution is 5.94. The molecule has 0 saturated heterocycles. The van der Waals surface area contributed by atoms with Crippen molar-refractivity contribution in [1.82, 2.24) is 5.43 Å². The number of hydrogen-bond donors (Lipinski definition) is 3. The summed E-state index contributed by atoms with van der Waals surface area (Å²) < 4.78 is 0. The first-order valence-electron chi connectivity index (χ1n) is 6.41. The molecule has 2 rings (SSSR count). The van der Waals surface area contributed by atoms with Gasteiger partial charge in [-0.3, -0.25) is 5.43 Å². The molecule has 1 fully saturated rings. The van der Waals surface area contributed by atoms with Gasteiger partial charge in [-0.2, -0.15) is 0 Å². The van der Waals surface area contributed by atoms with Crippen LogP contribution >= 0.6 is 0 Å². The lowest BCUT2D eigenvalue weighted by Gasteiger charge is -2.23. The van der Waals surface area contributed by atoms with Gasteiger partial charge in [-0.1, -0.05) is 39.0 Å². The van der Waals surface area contributed by atoms with Crippen LogP contribution in [0.4, 0.5) is 5.69 Å². The van der Waals surface area contributed by atoms with E-state index in [-0.39, 0.29) is 5.41 Å². The van der Waals surface area contributed by atoms with Crippen molar-refractivity contribution in [3.05, 3.63) is 29.8 Å². The van der Waals surface area contributed by atoms with Crippen molar-refractivity contribution in [3.8, 4) is 0 Å². The molecule has 1 aromatic rings. The molecule has 0 atom stereocenters. The van der Waals surface area contributed by atoms with E-state index in [1.54, 1.807) is 0 Å². The summed E-state index contributed by atoms with van der Waals surface area (Å²) in [5.41, 5.74) is 5.04. The molecule has 98 valence electrons. The second-order valence-electron chi connectivity index (χ2n) is 5.77. The number of hydrogen-bond acceptors (Lipinski definition) is 2. The van der Waals surface area contributed by atoms with Crippen LogP contribution in [0.15, 0.2) is 29.3 Å². The van der Waals surface area contributed by atoms with Gasteiger partial charge in [-0.05, 0) is 29.9 Å². The van der Waals surface area contributed by atoms with Gasteiger partial charge in [0.1, 0.15) is 0 Å². The second kappa shape index (κ2) is 4.98. The molecule has 0 heterocycles. The van der Waals surface area contributed by atoms with E-state index in [4.69, 9.17) is 5.84 Å². The van der Waals surface area contributed by atoms with Gasteiger partial charge in [0, 0.05) is 5.69 Å². The Hall–Kier alpha value is -1.55. The van der Waals surface area contributed by atoms with Gasteiger partial charge in [0.25, 0.3) is 0 Å². The zero-order valence-corrected chi connectivity index (χ0v) is 11.3. The van der Waals surface area contributed by atoms with E-state index in [1.165, 1.54) is 5.56 Å². The van der Waals surface area contributed by atoms with E-state index in [0.29, 0.717) is 12.0 Å². The smallest absolute Gasteiger partial charge is 0.210 e. The SMILES string of the molecule is CC(C)(C)c1ccccc1NC(=NC1CC1)NN. The highest BCUT2D eigenvalue weighted by atomic mass is 15.3. The molecule has 0 aromatic heterocycles. The highest BCUT2D eigenvalue weighted by Crippen LogP contribution is 2.29. The zero-order chi connectivity index (χ0) is 13.2. The summed E-state index contributed by atoms with van der Waals surface area (Å²) in [4.78, 5) is 4.49. The topological polar surface area (TPSA) is 62.4 Å². The van der Waals surface area contributed by atoms with E-state index in [1.807, 2.05) is 6.07 Å². The number of guanidine groups is 1. The molecule has 4 nitrogen and oxygen atoms in total. The molecule has 0 amide bonds. The lowest BCUT2D eigenvalue weighted by Crippen LogP contribution is -2.37. The van der Waals surface area contributed by atoms with Crippen molar-refractivity contribution in [3.63, 3.8) is 0 Å². The molecular weight excluding hydrogens is 224 g/mol. The summed E-state index contributed by atoms with van der Waals surface area (Å²) in [6.07, 6.45) is 2.32. The fraction of sp³-hybridized carbons (Fsp3) is 0.500. The average molecular weight is 246 g/mol. The van der Waals surface area contributed by atoms with Crippen LogP contribution in [0.2, 0.25) is 0 Å². The van der Waals surface area contributed by atoms with E-state index in [0.717, 1.165) is 18.5 Å². The van der Waals surface area contributed by atoms with E-state index >= 15 is 0 Å². The number of nitrogens with two attached hydrogens (primary N) is 1. The maximum atomic E-state index is 5.51. The molecule has 0 bridgehead atoms. The third-order valence-corrected chi connectivity index (χ3v) is 2.98. The van der Waals surface area contributed by atoms with Crippen molar-refractivity contribution in [2.75, 3.05) is 5.32 Å². The molecule has 1 aliphatic rings. The van der Waals surface area contributed by atoms with Crippen molar-refractivity contribution >= 4 is 11.6 Å². The third kappa shape index (κ3) is 3.23. The van der Waals surface area contributed by atoms with Crippen LogP contribution in [-0.4, -0.2) is 12.0 Å². The normalized spacial score (nSPS) is 16.6. The maximum absolute atomic E-state index is 5.51. The summed E-state index contributed by atoms with van der Waals surface area (Å²) in [6.45, 7) is 6.59. The number of aliphatic imine (C=N–C) groups is 1. The first-order valence-corrected chi connectivity index (χ1v) is 6.41. The Bertz CT molecular complexity index is 441. The predicted octanol–water partition coefficient (Wildman–Crippen LogP) is 2.38. The van der Waals surface area contributed by atoms with Gasteiger partial charge in [0.2, 0.25) is 5.96 Å². The molecule has 0 unspecified atom stereocenters. The lowest BCUT2D eigenvalue weighted by molar-refractivity contribution is 0.592. The predicted molar refractivity (Wildman–Crippen MR) is 76.5 cm³/mol. The monoisotopic (exact) mass is 246 g/mol. The second-order valence-corrected chi connectivity index (χ2v) is 5.77. The number of rotatable bonds is 2. The summed E-state index contributed by atoms with van der Waals surface area (Å²) >= 11 is 0. The Morgan fingerprint density at radius 1 is 1.28 bits per heavy atom. The molecule has 18 heavy (non-hydrogen) atoms. The van der Waals surface area contributed by atoms with Crippen LogP contribution < -0.4 is 16.6 Å². The number of nitrogens with zero attached hydrogens (tertiary/aromatic N) is 1. The van der Waals surface area contributed by atoms with Gasteiger partial charge < -0.3 is 5.32 Å². The van der Waals surface area contributed by atoms with Crippen LogP contribution in [0.25, 0.3) is 0 Å². The molecule has 1 aliphatic carbocycles. The maximum Gasteiger partial charge on any atom is 0.210 e. The minimum absolute atomic E-state index is 0.0862. The Morgan fingerprint density at radius 3 is 2.50 bits per heavy atom. The fourth-order valence-electron chi connectivity index (χ4n) is 1.87. The molecule has 0 aliphatic heterocycles. The Balaban J connectivity index is 2.22. The van der Waals surface area contributed by atoms with Gasteiger partial charge in [0.05, 0.1) is 6.04 Å². The number of hydrazine groups is 1. The zero-order valence-electron chi connectivity index (χ0n) is 11.3. The summed E-state index contributed by atoms with van der Waals surface area (Å²) in [7, 11) is 0. The van der Waals surface area contributed by atoms with E-state index < -0.39 is 0 Å². The Morgan fingerprint density at radius 2 is 1.94 bits per heavy atom. The van der Waals surface area contributed by atoms with E-state index in [9.17, 15) is 0 Å². The van der Waals surface area contributed by atoms with Crippen molar-refractivity contribution in [2.24, 2.45) is 10.8 Å². The molecular formula is C14H22N4. The molecule has 0 spiro atoms. The van der Waals surface area contributed by atoms with Crippen molar-refractivity contribution in [1.29, 1.82) is 0 Å². The van der Waals surface area contributed by atoms with Crippen LogP contribution in [0.1, 0.15) is 39.2 Å². The quantitative estimate of drug-likeness (QED) is 0.325. The summed E-state index contributed by atoms with van der Waals surface area (Å²) in [5.74, 6) is 6.16. The van der Waals surface area contributed by atoms with Crippen LogP contribution in [0, 0.1) is 0 Å². The van der Waals surface area contributed by atoms with Gasteiger partial charge in [-0.15, -0.1) is 0 Å².